The Bertz CT molecular complexity index is 501. The number of aromatic nitrogens is 1. The molecule has 0 aliphatic heterocycles. The van der Waals surface area contributed by atoms with Gasteiger partial charge in [0, 0.05) is 12.7 Å². The number of nitrogens with zero attached hydrogens (tertiary/aromatic N) is 1. The minimum atomic E-state index is -3.74. The molecule has 1 heterocycles. The van der Waals surface area contributed by atoms with Crippen LogP contribution in [0.5, 0.6) is 0 Å². The summed E-state index contributed by atoms with van der Waals surface area (Å²) in [6.07, 6.45) is 1.35. The van der Waals surface area contributed by atoms with Gasteiger partial charge in [-0.05, 0) is 12.1 Å². The van der Waals surface area contributed by atoms with Crippen molar-refractivity contribution in [2.75, 3.05) is 19.4 Å². The molecule has 8 heteroatoms. The van der Waals surface area contributed by atoms with Crippen LogP contribution in [0, 0.1) is 0 Å². The van der Waals surface area contributed by atoms with Crippen molar-refractivity contribution >= 4 is 21.8 Å². The van der Waals surface area contributed by atoms with Crippen LogP contribution in [0.2, 0.25) is 0 Å². The van der Waals surface area contributed by atoms with Gasteiger partial charge in [0.2, 0.25) is 10.0 Å². The molecule has 17 heavy (non-hydrogen) atoms. The maximum atomic E-state index is 11.7. The fourth-order valence-electron chi connectivity index (χ4n) is 1.10. The molecule has 7 nitrogen and oxygen atoms in total. The number of hydrogen-bond donors (Lipinski definition) is 2. The SMILES string of the molecule is COC(=O)CCNS(=O)(=O)c1cccnc1N. The number of nitrogens with one attached hydrogen (secondary N) is 1. The molecule has 1 rings (SSSR count). The van der Waals surface area contributed by atoms with Gasteiger partial charge in [0.05, 0.1) is 13.5 Å². The van der Waals surface area contributed by atoms with E-state index in [0.717, 1.165) is 0 Å². The molecule has 0 spiro atoms. The van der Waals surface area contributed by atoms with E-state index in [-0.39, 0.29) is 23.7 Å². The minimum Gasteiger partial charge on any atom is -0.469 e. The summed E-state index contributed by atoms with van der Waals surface area (Å²) in [5.41, 5.74) is 5.44. The summed E-state index contributed by atoms with van der Waals surface area (Å²) in [5.74, 6) is -0.579. The van der Waals surface area contributed by atoms with Crippen molar-refractivity contribution in [2.24, 2.45) is 0 Å². The first-order valence-corrected chi connectivity index (χ1v) is 6.22. The van der Waals surface area contributed by atoms with Gasteiger partial charge in [0.25, 0.3) is 0 Å². The lowest BCUT2D eigenvalue weighted by Gasteiger charge is -2.07. The summed E-state index contributed by atoms with van der Waals surface area (Å²) in [6, 6.07) is 2.80. The molecule has 0 saturated carbocycles. The average Bonchev–Trinajstić information content (AvgIpc) is 2.28. The van der Waals surface area contributed by atoms with Gasteiger partial charge in [-0.15, -0.1) is 0 Å². The highest BCUT2D eigenvalue weighted by Crippen LogP contribution is 2.13. The summed E-state index contributed by atoms with van der Waals surface area (Å²) in [4.78, 5) is 14.4. The summed E-state index contributed by atoms with van der Waals surface area (Å²) in [6.45, 7) is -0.0522. The first kappa shape index (κ1) is 13.4. The molecule has 0 bridgehead atoms. The van der Waals surface area contributed by atoms with Crippen LogP contribution in [0.15, 0.2) is 23.2 Å². The molecule has 1 aromatic rings. The van der Waals surface area contributed by atoms with Crippen LogP contribution >= 0.6 is 0 Å². The second kappa shape index (κ2) is 5.60. The molecule has 0 fully saturated rings. The van der Waals surface area contributed by atoms with E-state index >= 15 is 0 Å². The van der Waals surface area contributed by atoms with Crippen LogP contribution in [-0.2, 0) is 19.6 Å². The Morgan fingerprint density at radius 3 is 2.88 bits per heavy atom. The first-order valence-electron chi connectivity index (χ1n) is 4.74. The monoisotopic (exact) mass is 259 g/mol. The first-order chi connectivity index (χ1) is 7.97. The molecule has 0 saturated heterocycles. The third-order valence-corrected chi connectivity index (χ3v) is 3.45. The Hall–Kier alpha value is -1.67. The fraction of sp³-hybridized carbons (Fsp3) is 0.333. The molecule has 0 atom stereocenters. The Balaban J connectivity index is 2.70. The number of esters is 1. The number of nitrogen functional groups attached to an aromatic ring is 1. The zero-order valence-electron chi connectivity index (χ0n) is 9.21. The molecule has 94 valence electrons. The lowest BCUT2D eigenvalue weighted by Crippen LogP contribution is -2.27. The van der Waals surface area contributed by atoms with Crippen LogP contribution < -0.4 is 10.5 Å². The Morgan fingerprint density at radius 1 is 1.59 bits per heavy atom. The lowest BCUT2D eigenvalue weighted by atomic mass is 10.4. The predicted molar refractivity (Wildman–Crippen MR) is 60.5 cm³/mol. The maximum Gasteiger partial charge on any atom is 0.306 e. The molecule has 0 aliphatic rings. The van der Waals surface area contributed by atoms with E-state index in [2.05, 4.69) is 14.4 Å². The van der Waals surface area contributed by atoms with Crippen molar-refractivity contribution in [2.45, 2.75) is 11.3 Å². The van der Waals surface area contributed by atoms with Crippen molar-refractivity contribution in [1.29, 1.82) is 0 Å². The standard InChI is InChI=1S/C9H13N3O4S/c1-16-8(13)4-6-12-17(14,15)7-3-2-5-11-9(7)10/h2-3,5,12H,4,6H2,1H3,(H2,10,11). The fourth-order valence-corrected chi connectivity index (χ4v) is 2.21. The normalized spacial score (nSPS) is 11.1. The lowest BCUT2D eigenvalue weighted by molar-refractivity contribution is -0.140. The zero-order chi connectivity index (χ0) is 12.9. The van der Waals surface area contributed by atoms with Crippen LogP contribution in [0.1, 0.15) is 6.42 Å². The molecule has 0 amide bonds. The van der Waals surface area contributed by atoms with Crippen LogP contribution in [-0.4, -0.2) is 33.0 Å². The number of hydrogen-bond acceptors (Lipinski definition) is 6. The summed E-state index contributed by atoms with van der Waals surface area (Å²) >= 11 is 0. The average molecular weight is 259 g/mol. The van der Waals surface area contributed by atoms with Gasteiger partial charge in [0.1, 0.15) is 10.7 Å². The summed E-state index contributed by atoms with van der Waals surface area (Å²) < 4.78 is 30.1. The van der Waals surface area contributed by atoms with E-state index in [1.54, 1.807) is 0 Å². The Morgan fingerprint density at radius 2 is 2.29 bits per heavy atom. The smallest absolute Gasteiger partial charge is 0.306 e. The highest BCUT2D eigenvalue weighted by Gasteiger charge is 2.17. The largest absolute Gasteiger partial charge is 0.469 e. The van der Waals surface area contributed by atoms with Crippen molar-refractivity contribution in [3.05, 3.63) is 18.3 Å². The van der Waals surface area contributed by atoms with Crippen molar-refractivity contribution in [1.82, 2.24) is 9.71 Å². The van der Waals surface area contributed by atoms with E-state index in [1.807, 2.05) is 0 Å². The van der Waals surface area contributed by atoms with E-state index in [0.29, 0.717) is 0 Å². The molecule has 0 unspecified atom stereocenters. The number of methoxy groups -OCH3 is 1. The van der Waals surface area contributed by atoms with Gasteiger partial charge in [-0.1, -0.05) is 0 Å². The summed E-state index contributed by atoms with van der Waals surface area (Å²) in [5, 5.41) is 0. The number of carbonyl (C=O) groups is 1. The number of anilines is 1. The molecule has 0 aromatic carbocycles. The van der Waals surface area contributed by atoms with Gasteiger partial charge in [0.15, 0.2) is 0 Å². The Labute approximate surface area is 99.0 Å². The molecule has 1 aromatic heterocycles. The predicted octanol–water partition coefficient (Wildman–Crippen LogP) is -0.495. The molecule has 0 aliphatic carbocycles. The van der Waals surface area contributed by atoms with Crippen molar-refractivity contribution < 1.29 is 17.9 Å². The van der Waals surface area contributed by atoms with E-state index in [4.69, 9.17) is 5.73 Å². The van der Waals surface area contributed by atoms with Gasteiger partial charge in [-0.3, -0.25) is 4.79 Å². The van der Waals surface area contributed by atoms with E-state index < -0.39 is 16.0 Å². The highest BCUT2D eigenvalue weighted by atomic mass is 32.2. The number of nitrogens with two attached hydrogens (primary N) is 1. The topological polar surface area (TPSA) is 111 Å². The molecular weight excluding hydrogens is 246 g/mol. The third kappa shape index (κ3) is 3.68. The number of carbonyl (C=O) groups excluding carboxylic acids is 1. The molecule has 0 radical (unpaired) electrons. The second-order valence-corrected chi connectivity index (χ2v) is 4.85. The van der Waals surface area contributed by atoms with Gasteiger partial charge >= 0.3 is 5.97 Å². The number of ether oxygens (including phenoxy) is 1. The van der Waals surface area contributed by atoms with Crippen molar-refractivity contribution in [3.63, 3.8) is 0 Å². The van der Waals surface area contributed by atoms with Crippen molar-refractivity contribution in [3.8, 4) is 0 Å². The van der Waals surface area contributed by atoms with Crippen LogP contribution in [0.25, 0.3) is 0 Å². The minimum absolute atomic E-state index is 0.0457. The van der Waals surface area contributed by atoms with E-state index in [9.17, 15) is 13.2 Å². The molecular formula is C9H13N3O4S. The number of sulfonamides is 1. The van der Waals surface area contributed by atoms with Gasteiger partial charge in [-0.25, -0.2) is 18.1 Å². The number of rotatable bonds is 5. The van der Waals surface area contributed by atoms with Gasteiger partial charge < -0.3 is 10.5 Å². The quantitative estimate of drug-likeness (QED) is 0.690. The maximum absolute atomic E-state index is 11.7. The third-order valence-electron chi connectivity index (χ3n) is 1.94. The molecule has 3 N–H and O–H groups in total. The zero-order valence-corrected chi connectivity index (χ0v) is 10.0. The Kier molecular flexibility index (Phi) is 4.41. The second-order valence-electron chi connectivity index (χ2n) is 3.11. The van der Waals surface area contributed by atoms with Crippen LogP contribution in [0.4, 0.5) is 5.82 Å². The number of pyridine rings is 1. The van der Waals surface area contributed by atoms with Crippen LogP contribution in [0.3, 0.4) is 0 Å². The van der Waals surface area contributed by atoms with E-state index in [1.165, 1.54) is 25.4 Å². The summed E-state index contributed by atoms with van der Waals surface area (Å²) in [7, 11) is -2.51. The van der Waals surface area contributed by atoms with Gasteiger partial charge in [-0.2, -0.15) is 0 Å². The highest BCUT2D eigenvalue weighted by molar-refractivity contribution is 7.89.